The van der Waals surface area contributed by atoms with Gasteiger partial charge in [0.05, 0.1) is 5.02 Å². The van der Waals surface area contributed by atoms with E-state index in [-0.39, 0.29) is 11.8 Å². The third-order valence-corrected chi connectivity index (χ3v) is 3.59. The summed E-state index contributed by atoms with van der Waals surface area (Å²) in [5, 5.41) is 18.4. The molecule has 0 aliphatic rings. The Labute approximate surface area is 105 Å². The molecular formula is C10H7ClN2O3S. The number of aromatic nitrogens is 2. The normalized spacial score (nSPS) is 11.2. The molecule has 0 amide bonds. The summed E-state index contributed by atoms with van der Waals surface area (Å²) in [5.41, 5.74) is 0.937. The molecule has 0 saturated heterocycles. The van der Waals surface area contributed by atoms with Gasteiger partial charge in [0, 0.05) is 12.2 Å². The molecule has 0 fully saturated rings. The van der Waals surface area contributed by atoms with E-state index in [0.717, 1.165) is 11.6 Å². The van der Waals surface area contributed by atoms with Crippen molar-refractivity contribution < 1.29 is 14.3 Å². The smallest absolute Gasteiger partial charge is 0.328 e. The summed E-state index contributed by atoms with van der Waals surface area (Å²) in [6.45, 7) is 1.88. The van der Waals surface area contributed by atoms with Gasteiger partial charge < -0.3 is 9.52 Å². The molecule has 0 aliphatic heterocycles. The van der Waals surface area contributed by atoms with E-state index >= 15 is 0 Å². The van der Waals surface area contributed by atoms with Gasteiger partial charge in [-0.15, -0.1) is 21.5 Å². The summed E-state index contributed by atoms with van der Waals surface area (Å²) in [4.78, 5) is 11.0. The molecule has 88 valence electrons. The highest BCUT2D eigenvalue weighted by Gasteiger charge is 2.14. The van der Waals surface area contributed by atoms with E-state index < -0.39 is 5.97 Å². The van der Waals surface area contributed by atoms with Crippen LogP contribution in [0.15, 0.2) is 15.9 Å². The average Bonchev–Trinajstić information content (AvgIpc) is 2.85. The van der Waals surface area contributed by atoms with Crippen LogP contribution in [0.3, 0.4) is 0 Å². The monoisotopic (exact) mass is 270 g/mol. The molecule has 0 aliphatic carbocycles. The third-order valence-electron chi connectivity index (χ3n) is 1.90. The molecule has 7 heteroatoms. The summed E-state index contributed by atoms with van der Waals surface area (Å²) in [6, 6.07) is 0. The van der Waals surface area contributed by atoms with Crippen LogP contribution in [0.5, 0.6) is 0 Å². The second-order valence-electron chi connectivity index (χ2n) is 3.18. The first kappa shape index (κ1) is 11.8. The van der Waals surface area contributed by atoms with Crippen molar-refractivity contribution >= 4 is 35.0 Å². The SMILES string of the molecule is Cc1csc(-c2nnc(/C=C/C(=O)O)o2)c1Cl. The molecule has 0 spiro atoms. The highest BCUT2D eigenvalue weighted by atomic mass is 35.5. The Morgan fingerprint density at radius 2 is 2.35 bits per heavy atom. The zero-order chi connectivity index (χ0) is 12.4. The second kappa shape index (κ2) is 4.68. The number of hydrogen-bond acceptors (Lipinski definition) is 5. The van der Waals surface area contributed by atoms with Crippen molar-refractivity contribution in [1.29, 1.82) is 0 Å². The van der Waals surface area contributed by atoms with Crippen molar-refractivity contribution in [3.63, 3.8) is 0 Å². The molecule has 0 saturated carbocycles. The van der Waals surface area contributed by atoms with Crippen LogP contribution in [0.1, 0.15) is 11.5 Å². The van der Waals surface area contributed by atoms with Crippen molar-refractivity contribution in [3.05, 3.63) is 27.9 Å². The maximum absolute atomic E-state index is 10.3. The predicted octanol–water partition coefficient (Wildman–Crippen LogP) is 2.86. The molecule has 5 nitrogen and oxygen atoms in total. The van der Waals surface area contributed by atoms with E-state index in [2.05, 4.69) is 10.2 Å². The summed E-state index contributed by atoms with van der Waals surface area (Å²) < 4.78 is 5.27. The average molecular weight is 271 g/mol. The van der Waals surface area contributed by atoms with Gasteiger partial charge in [-0.2, -0.15) is 0 Å². The Morgan fingerprint density at radius 1 is 1.59 bits per heavy atom. The molecule has 2 rings (SSSR count). The Hall–Kier alpha value is -1.66. The molecule has 2 aromatic heterocycles. The number of halogens is 1. The molecule has 0 bridgehead atoms. The third kappa shape index (κ3) is 2.54. The lowest BCUT2D eigenvalue weighted by Gasteiger charge is -1.89. The van der Waals surface area contributed by atoms with Gasteiger partial charge in [0.1, 0.15) is 4.88 Å². The highest BCUT2D eigenvalue weighted by Crippen LogP contribution is 2.35. The van der Waals surface area contributed by atoms with Crippen molar-refractivity contribution in [1.82, 2.24) is 10.2 Å². The van der Waals surface area contributed by atoms with Crippen LogP contribution < -0.4 is 0 Å². The van der Waals surface area contributed by atoms with E-state index in [0.29, 0.717) is 9.90 Å². The number of hydrogen-bond donors (Lipinski definition) is 1. The molecule has 17 heavy (non-hydrogen) atoms. The number of carbonyl (C=O) groups is 1. The lowest BCUT2D eigenvalue weighted by atomic mass is 10.3. The summed E-state index contributed by atoms with van der Waals surface area (Å²) >= 11 is 7.45. The van der Waals surface area contributed by atoms with Gasteiger partial charge >= 0.3 is 5.97 Å². The van der Waals surface area contributed by atoms with E-state index in [4.69, 9.17) is 21.1 Å². The van der Waals surface area contributed by atoms with Crippen LogP contribution in [0, 0.1) is 6.92 Å². The van der Waals surface area contributed by atoms with Gasteiger partial charge in [0.15, 0.2) is 0 Å². The minimum atomic E-state index is -1.07. The lowest BCUT2D eigenvalue weighted by molar-refractivity contribution is -0.131. The van der Waals surface area contributed by atoms with Crippen molar-refractivity contribution in [2.45, 2.75) is 6.92 Å². The minimum absolute atomic E-state index is 0.129. The van der Waals surface area contributed by atoms with Crippen molar-refractivity contribution in [2.24, 2.45) is 0 Å². The Balaban J connectivity index is 2.30. The fraction of sp³-hybridized carbons (Fsp3) is 0.100. The maximum Gasteiger partial charge on any atom is 0.328 e. The molecule has 0 unspecified atom stereocenters. The molecule has 2 aromatic rings. The van der Waals surface area contributed by atoms with Crippen LogP contribution in [0.4, 0.5) is 0 Å². The van der Waals surface area contributed by atoms with Crippen LogP contribution in [-0.4, -0.2) is 21.3 Å². The van der Waals surface area contributed by atoms with Gasteiger partial charge in [-0.1, -0.05) is 11.6 Å². The Bertz CT molecular complexity index is 588. The second-order valence-corrected chi connectivity index (χ2v) is 4.44. The van der Waals surface area contributed by atoms with Crippen LogP contribution in [-0.2, 0) is 4.79 Å². The first-order chi connectivity index (χ1) is 8.08. The van der Waals surface area contributed by atoms with Gasteiger partial charge in [-0.3, -0.25) is 0 Å². The topological polar surface area (TPSA) is 76.2 Å². The van der Waals surface area contributed by atoms with Crippen LogP contribution in [0.25, 0.3) is 16.8 Å². The fourth-order valence-electron chi connectivity index (χ4n) is 1.11. The van der Waals surface area contributed by atoms with Crippen molar-refractivity contribution in [2.75, 3.05) is 0 Å². The minimum Gasteiger partial charge on any atom is -0.478 e. The zero-order valence-corrected chi connectivity index (χ0v) is 10.2. The number of aliphatic carboxylic acids is 1. The van der Waals surface area contributed by atoms with E-state index in [1.807, 2.05) is 12.3 Å². The predicted molar refractivity (Wildman–Crippen MR) is 64.0 cm³/mol. The zero-order valence-electron chi connectivity index (χ0n) is 8.68. The number of thiophene rings is 1. The number of nitrogens with zero attached hydrogens (tertiary/aromatic N) is 2. The largest absolute Gasteiger partial charge is 0.478 e. The number of carboxylic acid groups (broad SMARTS) is 1. The van der Waals surface area contributed by atoms with E-state index in [1.54, 1.807) is 0 Å². The molecular weight excluding hydrogens is 264 g/mol. The number of aryl methyl sites for hydroxylation is 1. The quantitative estimate of drug-likeness (QED) is 0.868. The highest BCUT2D eigenvalue weighted by molar-refractivity contribution is 7.14. The number of rotatable bonds is 3. The van der Waals surface area contributed by atoms with Crippen LogP contribution in [0.2, 0.25) is 5.02 Å². The summed E-state index contributed by atoms with van der Waals surface area (Å²) in [7, 11) is 0. The van der Waals surface area contributed by atoms with Gasteiger partial charge in [0.2, 0.25) is 5.89 Å². The van der Waals surface area contributed by atoms with Crippen molar-refractivity contribution in [3.8, 4) is 10.8 Å². The lowest BCUT2D eigenvalue weighted by Crippen LogP contribution is -1.85. The van der Waals surface area contributed by atoms with Gasteiger partial charge in [-0.05, 0) is 17.9 Å². The van der Waals surface area contributed by atoms with E-state index in [1.165, 1.54) is 17.4 Å². The van der Waals surface area contributed by atoms with E-state index in [9.17, 15) is 4.79 Å². The summed E-state index contributed by atoms with van der Waals surface area (Å²) in [5.74, 6) is -0.655. The maximum atomic E-state index is 10.3. The molecule has 1 N–H and O–H groups in total. The summed E-state index contributed by atoms with van der Waals surface area (Å²) in [6.07, 6.45) is 2.16. The van der Waals surface area contributed by atoms with Crippen LogP contribution >= 0.6 is 22.9 Å². The van der Waals surface area contributed by atoms with Gasteiger partial charge in [0.25, 0.3) is 5.89 Å². The Morgan fingerprint density at radius 3 is 2.94 bits per heavy atom. The fourth-order valence-corrected chi connectivity index (χ4v) is 2.30. The molecule has 2 heterocycles. The molecule has 0 atom stereocenters. The number of carboxylic acids is 1. The Kier molecular flexibility index (Phi) is 3.26. The molecule has 0 radical (unpaired) electrons. The first-order valence-corrected chi connectivity index (χ1v) is 5.82. The molecule has 0 aromatic carbocycles. The van der Waals surface area contributed by atoms with Gasteiger partial charge in [-0.25, -0.2) is 4.79 Å². The first-order valence-electron chi connectivity index (χ1n) is 4.56. The standard InChI is InChI=1S/C10H7ClN2O3S/c1-5-4-17-9(8(5)11)10-13-12-6(16-10)2-3-7(14)15/h2-4H,1H3,(H,14,15)/b3-2+.